The number of rotatable bonds is 5. The maximum Gasteiger partial charge on any atom is 0.319 e. The van der Waals surface area contributed by atoms with E-state index in [4.69, 9.17) is 9.47 Å². The lowest BCUT2D eigenvalue weighted by Gasteiger charge is -2.19. The molecular weight excluding hydrogens is 328 g/mol. The zero-order valence-electron chi connectivity index (χ0n) is 13.0. The van der Waals surface area contributed by atoms with Crippen LogP contribution in [-0.2, 0) is 10.8 Å². The normalized spacial score (nSPS) is 13.8. The Morgan fingerprint density at radius 2 is 1.79 bits per heavy atom. The van der Waals surface area contributed by atoms with Gasteiger partial charge in [-0.3, -0.25) is 4.21 Å². The maximum atomic E-state index is 12.1. The van der Waals surface area contributed by atoms with Gasteiger partial charge in [0.1, 0.15) is 13.2 Å². The summed E-state index contributed by atoms with van der Waals surface area (Å²) >= 11 is 0. The monoisotopic (exact) mass is 346 g/mol. The van der Waals surface area contributed by atoms with E-state index >= 15 is 0 Å². The summed E-state index contributed by atoms with van der Waals surface area (Å²) in [6.45, 7) is 1.34. The topological polar surface area (TPSA) is 76.7 Å². The van der Waals surface area contributed by atoms with Gasteiger partial charge in [0, 0.05) is 28.9 Å². The molecule has 0 unspecified atom stereocenters. The third kappa shape index (κ3) is 4.26. The molecule has 1 aliphatic heterocycles. The van der Waals surface area contributed by atoms with Gasteiger partial charge in [0.15, 0.2) is 11.5 Å². The highest BCUT2D eigenvalue weighted by atomic mass is 32.2. The first-order chi connectivity index (χ1) is 11.7. The highest BCUT2D eigenvalue weighted by Crippen LogP contribution is 2.32. The Kier molecular flexibility index (Phi) is 5.32. The summed E-state index contributed by atoms with van der Waals surface area (Å²) in [5.74, 6) is 1.65. The molecule has 24 heavy (non-hydrogen) atoms. The van der Waals surface area contributed by atoms with Crippen LogP contribution in [0.2, 0.25) is 0 Å². The maximum absolute atomic E-state index is 12.1. The molecule has 2 N–H and O–H groups in total. The molecule has 1 heterocycles. The van der Waals surface area contributed by atoms with Crippen LogP contribution in [0.25, 0.3) is 0 Å². The fourth-order valence-corrected chi connectivity index (χ4v) is 3.23. The lowest BCUT2D eigenvalue weighted by Crippen LogP contribution is -2.32. The fourth-order valence-electron chi connectivity index (χ4n) is 2.24. The van der Waals surface area contributed by atoms with Crippen LogP contribution in [0.4, 0.5) is 10.5 Å². The molecule has 0 aliphatic carbocycles. The van der Waals surface area contributed by atoms with Crippen molar-refractivity contribution in [3.8, 4) is 11.5 Å². The van der Waals surface area contributed by atoms with Crippen molar-refractivity contribution >= 4 is 22.5 Å². The standard InChI is InChI=1S/C17H18N2O4S/c20-17(18-8-11-24(21)14-4-2-1-3-5-14)19-13-6-7-15-16(12-13)23-10-9-22-15/h1-7,12H,8-11H2,(H2,18,19,20)/t24-/m1/s1. The number of urea groups is 1. The van der Waals surface area contributed by atoms with Crippen molar-refractivity contribution in [1.29, 1.82) is 0 Å². The molecule has 1 aliphatic rings. The number of fused-ring (bicyclic) bond motifs is 1. The summed E-state index contributed by atoms with van der Waals surface area (Å²) in [4.78, 5) is 12.7. The van der Waals surface area contributed by atoms with Crippen LogP contribution in [-0.4, -0.2) is 35.8 Å². The van der Waals surface area contributed by atoms with E-state index in [0.29, 0.717) is 42.7 Å². The summed E-state index contributed by atoms with van der Waals surface area (Å²) in [6, 6.07) is 14.1. The Hall–Kier alpha value is -2.54. The summed E-state index contributed by atoms with van der Waals surface area (Å²) in [5.41, 5.74) is 0.612. The van der Waals surface area contributed by atoms with Crippen LogP contribution in [0.5, 0.6) is 11.5 Å². The second-order valence-electron chi connectivity index (χ2n) is 5.10. The largest absolute Gasteiger partial charge is 0.486 e. The first-order valence-electron chi connectivity index (χ1n) is 7.60. The molecule has 2 amide bonds. The smallest absolute Gasteiger partial charge is 0.319 e. The molecule has 6 nitrogen and oxygen atoms in total. The summed E-state index contributed by atoms with van der Waals surface area (Å²) in [7, 11) is -1.13. The van der Waals surface area contributed by atoms with E-state index in [1.54, 1.807) is 18.2 Å². The summed E-state index contributed by atoms with van der Waals surface area (Å²) in [5, 5.41) is 5.42. The minimum Gasteiger partial charge on any atom is -0.486 e. The number of carbonyl (C=O) groups excluding carboxylic acids is 1. The van der Waals surface area contributed by atoms with Gasteiger partial charge in [-0.25, -0.2) is 4.79 Å². The Labute approximate surface area is 142 Å². The molecule has 1 atom stereocenters. The third-order valence-electron chi connectivity index (χ3n) is 3.38. The predicted octanol–water partition coefficient (Wildman–Crippen LogP) is 2.39. The number of hydrogen-bond donors (Lipinski definition) is 2. The van der Waals surface area contributed by atoms with Crippen molar-refractivity contribution in [2.45, 2.75) is 4.90 Å². The van der Waals surface area contributed by atoms with Gasteiger partial charge in [0.05, 0.1) is 10.8 Å². The van der Waals surface area contributed by atoms with Crippen molar-refractivity contribution < 1.29 is 18.5 Å². The van der Waals surface area contributed by atoms with E-state index in [1.165, 1.54) is 0 Å². The van der Waals surface area contributed by atoms with Crippen LogP contribution in [0, 0.1) is 0 Å². The molecule has 0 saturated carbocycles. The Balaban J connectivity index is 1.47. The Morgan fingerprint density at radius 1 is 1.04 bits per heavy atom. The van der Waals surface area contributed by atoms with Gasteiger partial charge >= 0.3 is 6.03 Å². The number of ether oxygens (including phenoxy) is 2. The quantitative estimate of drug-likeness (QED) is 0.871. The molecule has 0 radical (unpaired) electrons. The minimum absolute atomic E-state index is 0.317. The Bertz CT molecular complexity index is 737. The highest BCUT2D eigenvalue weighted by Gasteiger charge is 2.12. The molecule has 0 spiro atoms. The number of anilines is 1. The van der Waals surface area contributed by atoms with Crippen molar-refractivity contribution in [1.82, 2.24) is 5.32 Å². The van der Waals surface area contributed by atoms with Gasteiger partial charge in [-0.15, -0.1) is 0 Å². The van der Waals surface area contributed by atoms with E-state index < -0.39 is 10.8 Å². The SMILES string of the molecule is O=C(NCC[S@@](=O)c1ccccc1)Nc1ccc2c(c1)OCCO2. The van der Waals surface area contributed by atoms with Gasteiger partial charge in [-0.05, 0) is 24.3 Å². The van der Waals surface area contributed by atoms with Crippen LogP contribution in [0.3, 0.4) is 0 Å². The van der Waals surface area contributed by atoms with Gasteiger partial charge < -0.3 is 20.1 Å². The van der Waals surface area contributed by atoms with Crippen LogP contribution >= 0.6 is 0 Å². The second kappa shape index (κ2) is 7.83. The van der Waals surface area contributed by atoms with Crippen molar-refractivity contribution in [2.24, 2.45) is 0 Å². The first-order valence-corrected chi connectivity index (χ1v) is 8.92. The zero-order valence-corrected chi connectivity index (χ0v) is 13.8. The molecule has 3 rings (SSSR count). The number of hydrogen-bond acceptors (Lipinski definition) is 4. The first kappa shape index (κ1) is 16.3. The fraction of sp³-hybridized carbons (Fsp3) is 0.235. The van der Waals surface area contributed by atoms with Gasteiger partial charge in [-0.2, -0.15) is 0 Å². The van der Waals surface area contributed by atoms with E-state index in [9.17, 15) is 9.00 Å². The summed E-state index contributed by atoms with van der Waals surface area (Å²) in [6.07, 6.45) is 0. The molecular formula is C17H18N2O4S. The van der Waals surface area contributed by atoms with Crippen LogP contribution in [0.1, 0.15) is 0 Å². The van der Waals surface area contributed by atoms with Gasteiger partial charge in [0.25, 0.3) is 0 Å². The van der Waals surface area contributed by atoms with Crippen molar-refractivity contribution in [3.05, 3.63) is 48.5 Å². The highest BCUT2D eigenvalue weighted by molar-refractivity contribution is 7.85. The minimum atomic E-state index is -1.13. The molecule has 0 fully saturated rings. The Morgan fingerprint density at radius 3 is 2.58 bits per heavy atom. The van der Waals surface area contributed by atoms with Gasteiger partial charge in [-0.1, -0.05) is 18.2 Å². The lowest BCUT2D eigenvalue weighted by molar-refractivity contribution is 0.171. The van der Waals surface area contributed by atoms with Crippen LogP contribution < -0.4 is 20.1 Å². The molecule has 2 aromatic carbocycles. The van der Waals surface area contributed by atoms with E-state index in [0.717, 1.165) is 4.90 Å². The molecule has 0 aromatic heterocycles. The zero-order chi connectivity index (χ0) is 16.8. The third-order valence-corrected chi connectivity index (χ3v) is 4.75. The van der Waals surface area contributed by atoms with Crippen molar-refractivity contribution in [2.75, 3.05) is 30.8 Å². The van der Waals surface area contributed by atoms with E-state index in [2.05, 4.69) is 10.6 Å². The number of amides is 2. The molecule has 126 valence electrons. The number of carbonyl (C=O) groups is 1. The van der Waals surface area contributed by atoms with E-state index in [-0.39, 0.29) is 6.03 Å². The number of nitrogens with one attached hydrogen (secondary N) is 2. The second-order valence-corrected chi connectivity index (χ2v) is 6.67. The predicted molar refractivity (Wildman–Crippen MR) is 92.2 cm³/mol. The van der Waals surface area contributed by atoms with Crippen molar-refractivity contribution in [3.63, 3.8) is 0 Å². The van der Waals surface area contributed by atoms with E-state index in [1.807, 2.05) is 30.3 Å². The molecule has 2 aromatic rings. The molecule has 0 saturated heterocycles. The average molecular weight is 346 g/mol. The molecule has 7 heteroatoms. The lowest BCUT2D eigenvalue weighted by atomic mass is 10.2. The molecule has 0 bridgehead atoms. The van der Waals surface area contributed by atoms with Gasteiger partial charge in [0.2, 0.25) is 0 Å². The summed E-state index contributed by atoms with van der Waals surface area (Å²) < 4.78 is 23.0. The number of benzene rings is 2. The van der Waals surface area contributed by atoms with Crippen LogP contribution in [0.15, 0.2) is 53.4 Å². The average Bonchev–Trinajstić information content (AvgIpc) is 2.62.